The van der Waals surface area contributed by atoms with Gasteiger partial charge in [0, 0.05) is 23.2 Å². The SMILES string of the molecule is CC(C)NCc1ncoc1-c1cc(Cl)ccc1Cl. The van der Waals surface area contributed by atoms with Gasteiger partial charge in [-0.15, -0.1) is 0 Å². The van der Waals surface area contributed by atoms with Crippen LogP contribution in [-0.2, 0) is 6.54 Å². The summed E-state index contributed by atoms with van der Waals surface area (Å²) in [6, 6.07) is 5.66. The van der Waals surface area contributed by atoms with Crippen molar-refractivity contribution in [2.45, 2.75) is 26.4 Å². The Labute approximate surface area is 116 Å². The normalized spacial score (nSPS) is 11.2. The van der Waals surface area contributed by atoms with E-state index in [9.17, 15) is 0 Å². The zero-order chi connectivity index (χ0) is 13.1. The van der Waals surface area contributed by atoms with Crippen molar-refractivity contribution in [2.75, 3.05) is 0 Å². The van der Waals surface area contributed by atoms with Gasteiger partial charge in [-0.1, -0.05) is 37.0 Å². The number of oxazole rings is 1. The smallest absolute Gasteiger partial charge is 0.181 e. The molecule has 3 nitrogen and oxygen atoms in total. The lowest BCUT2D eigenvalue weighted by atomic mass is 10.1. The Bertz CT molecular complexity index is 538. The van der Waals surface area contributed by atoms with E-state index in [2.05, 4.69) is 24.1 Å². The average molecular weight is 285 g/mol. The molecule has 0 aliphatic heterocycles. The molecule has 0 atom stereocenters. The number of hydrogen-bond acceptors (Lipinski definition) is 3. The second kappa shape index (κ2) is 5.74. The highest BCUT2D eigenvalue weighted by atomic mass is 35.5. The fraction of sp³-hybridized carbons (Fsp3) is 0.308. The molecule has 0 saturated heterocycles. The van der Waals surface area contributed by atoms with Crippen LogP contribution in [0.3, 0.4) is 0 Å². The van der Waals surface area contributed by atoms with Crippen molar-refractivity contribution in [3.05, 3.63) is 40.3 Å². The van der Waals surface area contributed by atoms with Gasteiger partial charge < -0.3 is 9.73 Å². The highest BCUT2D eigenvalue weighted by Gasteiger charge is 2.14. The fourth-order valence-corrected chi connectivity index (χ4v) is 1.96. The van der Waals surface area contributed by atoms with E-state index in [-0.39, 0.29) is 0 Å². The number of nitrogens with zero attached hydrogens (tertiary/aromatic N) is 1. The molecule has 0 unspecified atom stereocenters. The van der Waals surface area contributed by atoms with E-state index in [1.165, 1.54) is 6.39 Å². The summed E-state index contributed by atoms with van der Waals surface area (Å²) in [5, 5.41) is 4.51. The molecule has 96 valence electrons. The van der Waals surface area contributed by atoms with Crippen molar-refractivity contribution in [2.24, 2.45) is 0 Å². The highest BCUT2D eigenvalue weighted by Crippen LogP contribution is 2.32. The minimum Gasteiger partial charge on any atom is -0.443 e. The lowest BCUT2D eigenvalue weighted by Gasteiger charge is -2.08. The van der Waals surface area contributed by atoms with E-state index in [1.807, 2.05) is 0 Å². The van der Waals surface area contributed by atoms with Crippen LogP contribution in [0.15, 0.2) is 29.0 Å². The largest absolute Gasteiger partial charge is 0.443 e. The summed E-state index contributed by atoms with van der Waals surface area (Å²) in [6.07, 6.45) is 1.42. The highest BCUT2D eigenvalue weighted by molar-refractivity contribution is 6.35. The molecule has 0 bridgehead atoms. The van der Waals surface area contributed by atoms with Gasteiger partial charge in [0.25, 0.3) is 0 Å². The van der Waals surface area contributed by atoms with E-state index in [4.69, 9.17) is 27.6 Å². The third-order valence-corrected chi connectivity index (χ3v) is 3.06. The molecule has 1 aromatic carbocycles. The summed E-state index contributed by atoms with van der Waals surface area (Å²) >= 11 is 12.1. The van der Waals surface area contributed by atoms with Gasteiger partial charge >= 0.3 is 0 Å². The number of halogens is 2. The molecular formula is C13H14Cl2N2O. The molecular weight excluding hydrogens is 271 g/mol. The van der Waals surface area contributed by atoms with Crippen LogP contribution in [0.2, 0.25) is 10.0 Å². The summed E-state index contributed by atoms with van der Waals surface area (Å²) in [7, 11) is 0. The van der Waals surface area contributed by atoms with Gasteiger partial charge in [0.2, 0.25) is 0 Å². The van der Waals surface area contributed by atoms with Crippen LogP contribution in [0.5, 0.6) is 0 Å². The molecule has 18 heavy (non-hydrogen) atoms. The first-order valence-corrected chi connectivity index (χ1v) is 6.44. The molecule has 0 fully saturated rings. The standard InChI is InChI=1S/C13H14Cl2N2O/c1-8(2)16-6-12-13(18-7-17-12)10-5-9(14)3-4-11(10)15/h3-5,7-8,16H,6H2,1-2H3. The van der Waals surface area contributed by atoms with Crippen LogP contribution in [-0.4, -0.2) is 11.0 Å². The summed E-state index contributed by atoms with van der Waals surface area (Å²) in [4.78, 5) is 4.20. The summed E-state index contributed by atoms with van der Waals surface area (Å²) in [5.41, 5.74) is 1.59. The Balaban J connectivity index is 2.33. The number of nitrogens with one attached hydrogen (secondary N) is 1. The van der Waals surface area contributed by atoms with E-state index >= 15 is 0 Å². The van der Waals surface area contributed by atoms with E-state index in [0.717, 1.165) is 11.3 Å². The Morgan fingerprint density at radius 1 is 1.33 bits per heavy atom. The first kappa shape index (κ1) is 13.4. The molecule has 1 heterocycles. The number of hydrogen-bond donors (Lipinski definition) is 1. The molecule has 1 N–H and O–H groups in total. The topological polar surface area (TPSA) is 38.1 Å². The molecule has 0 aliphatic rings. The van der Waals surface area contributed by atoms with Crippen LogP contribution < -0.4 is 5.32 Å². The third-order valence-electron chi connectivity index (χ3n) is 2.49. The third kappa shape index (κ3) is 3.05. The van der Waals surface area contributed by atoms with Crippen molar-refractivity contribution < 1.29 is 4.42 Å². The molecule has 1 aromatic heterocycles. The Morgan fingerprint density at radius 3 is 2.83 bits per heavy atom. The fourth-order valence-electron chi connectivity index (χ4n) is 1.59. The Kier molecular flexibility index (Phi) is 4.27. The predicted octanol–water partition coefficient (Wildman–Crippen LogP) is 4.15. The van der Waals surface area contributed by atoms with Gasteiger partial charge in [-0.3, -0.25) is 0 Å². The summed E-state index contributed by atoms with van der Waals surface area (Å²) in [6.45, 7) is 4.78. The predicted molar refractivity (Wildman–Crippen MR) is 73.9 cm³/mol. The molecule has 0 radical (unpaired) electrons. The molecule has 5 heteroatoms. The summed E-state index contributed by atoms with van der Waals surface area (Å²) < 4.78 is 5.42. The maximum atomic E-state index is 6.16. The quantitative estimate of drug-likeness (QED) is 0.917. The van der Waals surface area contributed by atoms with Crippen LogP contribution in [0.1, 0.15) is 19.5 Å². The minimum atomic E-state index is 0.379. The zero-order valence-electron chi connectivity index (χ0n) is 10.2. The van der Waals surface area contributed by atoms with Crippen LogP contribution in [0.4, 0.5) is 0 Å². The van der Waals surface area contributed by atoms with Crippen molar-refractivity contribution in [3.8, 4) is 11.3 Å². The Morgan fingerprint density at radius 2 is 2.11 bits per heavy atom. The average Bonchev–Trinajstić information content (AvgIpc) is 2.77. The molecule has 0 aliphatic carbocycles. The molecule has 0 spiro atoms. The monoisotopic (exact) mass is 284 g/mol. The van der Waals surface area contributed by atoms with Gasteiger partial charge in [-0.05, 0) is 18.2 Å². The number of rotatable bonds is 4. The van der Waals surface area contributed by atoms with Gasteiger partial charge in [0.15, 0.2) is 12.2 Å². The van der Waals surface area contributed by atoms with Gasteiger partial charge in [0.05, 0.1) is 5.02 Å². The van der Waals surface area contributed by atoms with Gasteiger partial charge in [-0.2, -0.15) is 0 Å². The number of benzene rings is 1. The first-order chi connectivity index (χ1) is 8.58. The number of aromatic nitrogens is 1. The first-order valence-electron chi connectivity index (χ1n) is 5.69. The van der Waals surface area contributed by atoms with Crippen molar-refractivity contribution in [1.29, 1.82) is 0 Å². The van der Waals surface area contributed by atoms with Crippen molar-refractivity contribution >= 4 is 23.2 Å². The van der Waals surface area contributed by atoms with Gasteiger partial charge in [0.1, 0.15) is 5.69 Å². The summed E-state index contributed by atoms with van der Waals surface area (Å²) in [5.74, 6) is 0.663. The van der Waals surface area contributed by atoms with E-state index < -0.39 is 0 Å². The Hall–Kier alpha value is -1.03. The maximum absolute atomic E-state index is 6.16. The van der Waals surface area contributed by atoms with Crippen LogP contribution in [0.25, 0.3) is 11.3 Å². The van der Waals surface area contributed by atoms with Crippen molar-refractivity contribution in [1.82, 2.24) is 10.3 Å². The second-order valence-corrected chi connectivity index (χ2v) is 5.13. The zero-order valence-corrected chi connectivity index (χ0v) is 11.7. The van der Waals surface area contributed by atoms with Crippen LogP contribution in [0, 0.1) is 0 Å². The molecule has 2 rings (SSSR count). The minimum absolute atomic E-state index is 0.379. The second-order valence-electron chi connectivity index (χ2n) is 4.29. The van der Waals surface area contributed by atoms with Crippen LogP contribution >= 0.6 is 23.2 Å². The lowest BCUT2D eigenvalue weighted by Crippen LogP contribution is -2.22. The molecule has 2 aromatic rings. The maximum Gasteiger partial charge on any atom is 0.181 e. The lowest BCUT2D eigenvalue weighted by molar-refractivity contribution is 0.563. The van der Waals surface area contributed by atoms with Crippen molar-refractivity contribution in [3.63, 3.8) is 0 Å². The molecule has 0 saturated carbocycles. The van der Waals surface area contributed by atoms with E-state index in [1.54, 1.807) is 18.2 Å². The van der Waals surface area contributed by atoms with E-state index in [0.29, 0.717) is 28.4 Å². The molecule has 0 amide bonds. The van der Waals surface area contributed by atoms with Gasteiger partial charge in [-0.25, -0.2) is 4.98 Å².